The van der Waals surface area contributed by atoms with Gasteiger partial charge in [-0.25, -0.2) is 18.7 Å². The monoisotopic (exact) mass is 444 g/mol. The third-order valence-electron chi connectivity index (χ3n) is 4.73. The Bertz CT molecular complexity index is 1270. The van der Waals surface area contributed by atoms with Gasteiger partial charge in [-0.3, -0.25) is 5.32 Å². The van der Waals surface area contributed by atoms with E-state index in [2.05, 4.69) is 15.7 Å². The average Bonchev–Trinajstić information content (AvgIpc) is 3.24. The summed E-state index contributed by atoms with van der Waals surface area (Å²) >= 11 is 0. The van der Waals surface area contributed by atoms with E-state index in [1.54, 1.807) is 49.4 Å². The predicted octanol–water partition coefficient (Wildman–Crippen LogP) is 5.50. The molecule has 4 aromatic rings. The maximum atomic E-state index is 13.8. The molecule has 0 aliphatic heterocycles. The Balaban J connectivity index is 1.57. The molecule has 1 heterocycles. The molecule has 2 N–H and O–H groups in total. The molecule has 0 aliphatic rings. The first-order chi connectivity index (χ1) is 16.0. The highest BCUT2D eigenvalue weighted by molar-refractivity contribution is 6.00. The van der Waals surface area contributed by atoms with E-state index in [0.29, 0.717) is 28.5 Å². The van der Waals surface area contributed by atoms with E-state index in [1.807, 2.05) is 30.3 Å². The van der Waals surface area contributed by atoms with Crippen LogP contribution in [-0.2, 0) is 4.74 Å². The number of urea groups is 1. The summed E-state index contributed by atoms with van der Waals surface area (Å²) in [4.78, 5) is 24.4. The first-order valence-electron chi connectivity index (χ1n) is 10.3. The molecule has 2 amide bonds. The van der Waals surface area contributed by atoms with Crippen molar-refractivity contribution >= 4 is 23.5 Å². The van der Waals surface area contributed by atoms with E-state index in [0.717, 1.165) is 5.56 Å². The molecular formula is C25H21FN4O3. The summed E-state index contributed by atoms with van der Waals surface area (Å²) in [5, 5.41) is 10.0. The number of carbonyl (C=O) groups excluding carboxylic acids is 2. The lowest BCUT2D eigenvalue weighted by atomic mass is 10.2. The van der Waals surface area contributed by atoms with Crippen LogP contribution in [0.15, 0.2) is 84.9 Å². The van der Waals surface area contributed by atoms with Crippen LogP contribution in [0.4, 0.5) is 20.7 Å². The normalized spacial score (nSPS) is 10.5. The highest BCUT2D eigenvalue weighted by atomic mass is 19.1. The number of hydrogen-bond donors (Lipinski definition) is 2. The highest BCUT2D eigenvalue weighted by Gasteiger charge is 2.15. The number of aromatic nitrogens is 2. The Morgan fingerprint density at radius 2 is 1.70 bits per heavy atom. The zero-order chi connectivity index (χ0) is 23.2. The van der Waals surface area contributed by atoms with Gasteiger partial charge in [0.1, 0.15) is 11.6 Å². The molecule has 0 aliphatic carbocycles. The van der Waals surface area contributed by atoms with E-state index in [1.165, 1.54) is 16.8 Å². The van der Waals surface area contributed by atoms with Crippen molar-refractivity contribution < 1.29 is 18.7 Å². The fourth-order valence-electron chi connectivity index (χ4n) is 3.21. The molecule has 0 saturated heterocycles. The third-order valence-corrected chi connectivity index (χ3v) is 4.73. The molecule has 166 valence electrons. The van der Waals surface area contributed by atoms with E-state index in [-0.39, 0.29) is 6.61 Å². The Hall–Kier alpha value is -4.46. The molecule has 0 fully saturated rings. The lowest BCUT2D eigenvalue weighted by Crippen LogP contribution is -2.21. The maximum absolute atomic E-state index is 13.8. The van der Waals surface area contributed by atoms with E-state index in [9.17, 15) is 14.0 Å². The summed E-state index contributed by atoms with van der Waals surface area (Å²) < 4.78 is 20.3. The van der Waals surface area contributed by atoms with Gasteiger partial charge in [-0.1, -0.05) is 36.4 Å². The van der Waals surface area contributed by atoms with Crippen molar-refractivity contribution in [3.63, 3.8) is 0 Å². The van der Waals surface area contributed by atoms with Gasteiger partial charge >= 0.3 is 12.0 Å². The number of anilines is 2. The second kappa shape index (κ2) is 9.78. The number of halogens is 1. The van der Waals surface area contributed by atoms with Gasteiger partial charge in [0, 0.05) is 17.3 Å². The molecule has 0 unspecified atom stereocenters. The second-order valence-electron chi connectivity index (χ2n) is 7.05. The molecule has 3 aromatic carbocycles. The smallest absolute Gasteiger partial charge is 0.338 e. The summed E-state index contributed by atoms with van der Waals surface area (Å²) in [6.45, 7) is 2.01. The summed E-state index contributed by atoms with van der Waals surface area (Å²) in [7, 11) is 0. The van der Waals surface area contributed by atoms with Gasteiger partial charge in [0.25, 0.3) is 0 Å². The maximum Gasteiger partial charge on any atom is 0.338 e. The van der Waals surface area contributed by atoms with Gasteiger partial charge in [0.15, 0.2) is 0 Å². The molecular weight excluding hydrogens is 423 g/mol. The summed E-state index contributed by atoms with van der Waals surface area (Å²) in [6, 6.07) is 22.9. The molecule has 0 atom stereocenters. The number of benzene rings is 3. The zero-order valence-corrected chi connectivity index (χ0v) is 17.8. The van der Waals surface area contributed by atoms with Gasteiger partial charge in [-0.2, -0.15) is 5.10 Å². The number of nitrogens with zero attached hydrogens (tertiary/aromatic N) is 2. The van der Waals surface area contributed by atoms with Crippen LogP contribution in [0, 0.1) is 5.82 Å². The molecule has 7 nitrogen and oxygen atoms in total. The molecule has 0 radical (unpaired) electrons. The Morgan fingerprint density at radius 3 is 2.39 bits per heavy atom. The number of amides is 2. The van der Waals surface area contributed by atoms with Crippen LogP contribution in [-0.4, -0.2) is 28.4 Å². The van der Waals surface area contributed by atoms with Crippen LogP contribution in [0.25, 0.3) is 16.9 Å². The number of hydrogen-bond acceptors (Lipinski definition) is 4. The molecule has 8 heteroatoms. The molecule has 0 spiro atoms. The van der Waals surface area contributed by atoms with Gasteiger partial charge in [0.05, 0.1) is 23.6 Å². The first-order valence-corrected chi connectivity index (χ1v) is 10.3. The van der Waals surface area contributed by atoms with Crippen LogP contribution in [0.1, 0.15) is 17.3 Å². The number of nitrogens with one attached hydrogen (secondary N) is 2. The van der Waals surface area contributed by atoms with Crippen molar-refractivity contribution in [3.05, 3.63) is 96.3 Å². The number of esters is 1. The second-order valence-corrected chi connectivity index (χ2v) is 7.05. The SMILES string of the molecule is CCOC(=O)c1ccc(NC(=O)Nc2cc(-c3ccccc3)nn2-c2cccc(F)c2)cc1. The topological polar surface area (TPSA) is 85.2 Å². The molecule has 0 bridgehead atoms. The van der Waals surface area contributed by atoms with E-state index < -0.39 is 17.8 Å². The van der Waals surface area contributed by atoms with Crippen LogP contribution < -0.4 is 10.6 Å². The fourth-order valence-corrected chi connectivity index (χ4v) is 3.21. The summed E-state index contributed by atoms with van der Waals surface area (Å²) in [5.74, 6) is -0.484. The number of carbonyl (C=O) groups is 2. The highest BCUT2D eigenvalue weighted by Crippen LogP contribution is 2.25. The Labute approximate surface area is 189 Å². The van der Waals surface area contributed by atoms with Crippen LogP contribution in [0.2, 0.25) is 0 Å². The quantitative estimate of drug-likeness (QED) is 0.385. The van der Waals surface area contributed by atoms with Crippen molar-refractivity contribution in [2.24, 2.45) is 0 Å². The lowest BCUT2D eigenvalue weighted by molar-refractivity contribution is 0.0526. The summed E-state index contributed by atoms with van der Waals surface area (Å²) in [6.07, 6.45) is 0. The lowest BCUT2D eigenvalue weighted by Gasteiger charge is -2.10. The van der Waals surface area contributed by atoms with Gasteiger partial charge in [0.2, 0.25) is 0 Å². The van der Waals surface area contributed by atoms with Crippen molar-refractivity contribution in [2.45, 2.75) is 6.92 Å². The number of ether oxygens (including phenoxy) is 1. The van der Waals surface area contributed by atoms with Crippen molar-refractivity contribution in [1.29, 1.82) is 0 Å². The van der Waals surface area contributed by atoms with Gasteiger partial charge in [-0.05, 0) is 49.4 Å². The van der Waals surface area contributed by atoms with E-state index >= 15 is 0 Å². The minimum Gasteiger partial charge on any atom is -0.462 e. The standard InChI is InChI=1S/C25H21FN4O3/c1-2-33-24(31)18-11-13-20(14-12-18)27-25(32)28-23-16-22(17-7-4-3-5-8-17)29-30(23)21-10-6-9-19(26)15-21/h3-16H,2H2,1H3,(H2,27,28,32). The Morgan fingerprint density at radius 1 is 0.939 bits per heavy atom. The molecule has 4 rings (SSSR count). The van der Waals surface area contributed by atoms with Crippen LogP contribution in [0.5, 0.6) is 0 Å². The van der Waals surface area contributed by atoms with E-state index in [4.69, 9.17) is 4.74 Å². The van der Waals surface area contributed by atoms with Crippen LogP contribution >= 0.6 is 0 Å². The van der Waals surface area contributed by atoms with Gasteiger partial charge in [-0.15, -0.1) is 0 Å². The summed E-state index contributed by atoms with van der Waals surface area (Å²) in [5.41, 5.74) is 2.81. The minimum absolute atomic E-state index is 0.283. The van der Waals surface area contributed by atoms with Crippen molar-refractivity contribution in [2.75, 3.05) is 17.2 Å². The largest absolute Gasteiger partial charge is 0.462 e. The van der Waals surface area contributed by atoms with Gasteiger partial charge < -0.3 is 10.1 Å². The molecule has 0 saturated carbocycles. The fraction of sp³-hybridized carbons (Fsp3) is 0.0800. The Kier molecular flexibility index (Phi) is 6.45. The number of rotatable bonds is 6. The first kappa shape index (κ1) is 21.8. The van der Waals surface area contributed by atoms with Crippen LogP contribution in [0.3, 0.4) is 0 Å². The van der Waals surface area contributed by atoms with Crippen molar-refractivity contribution in [3.8, 4) is 16.9 Å². The third kappa shape index (κ3) is 5.24. The predicted molar refractivity (Wildman–Crippen MR) is 124 cm³/mol. The molecule has 1 aromatic heterocycles. The minimum atomic E-state index is -0.518. The average molecular weight is 444 g/mol. The zero-order valence-electron chi connectivity index (χ0n) is 17.8. The molecule has 33 heavy (non-hydrogen) atoms. The van der Waals surface area contributed by atoms with Crippen molar-refractivity contribution in [1.82, 2.24) is 9.78 Å².